The van der Waals surface area contributed by atoms with E-state index in [0.29, 0.717) is 24.3 Å². The third-order valence-corrected chi connectivity index (χ3v) is 7.32. The molecule has 2 heterocycles. The number of carbonyl (C=O) groups is 3. The Kier molecular flexibility index (Phi) is 4.04. The number of nitrogens with zero attached hydrogens (tertiary/aromatic N) is 2. The van der Waals surface area contributed by atoms with Crippen LogP contribution in [-0.4, -0.2) is 53.7 Å². The summed E-state index contributed by atoms with van der Waals surface area (Å²) in [6, 6.07) is 0. The number of likely N-dealkylation sites (tertiary alicyclic amines) is 2. The molecule has 138 valence electrons. The van der Waals surface area contributed by atoms with Gasteiger partial charge in [-0.05, 0) is 49.4 Å². The number of nitrogens with two attached hydrogens (primary N) is 1. The topological polar surface area (TPSA) is 83.7 Å². The molecule has 1 atom stereocenters. The standard InChI is InChI=1S/C19H29N3O3/c20-15(23)12-22-13-18(6-3-16(22)24)7-9-21(10-8-18)17(25)14-11-19(14)4-1-2-5-19/h14H,1-13H2,(H2,20,23)/t14-/m1/s1. The van der Waals surface area contributed by atoms with Gasteiger partial charge in [-0.2, -0.15) is 0 Å². The Morgan fingerprint density at radius 1 is 1.08 bits per heavy atom. The summed E-state index contributed by atoms with van der Waals surface area (Å²) in [4.78, 5) is 39.8. The molecular formula is C19H29N3O3. The summed E-state index contributed by atoms with van der Waals surface area (Å²) in [5, 5.41) is 0. The minimum Gasteiger partial charge on any atom is -0.368 e. The van der Waals surface area contributed by atoms with Gasteiger partial charge in [-0.3, -0.25) is 14.4 Å². The maximum atomic E-state index is 12.9. The molecule has 6 nitrogen and oxygen atoms in total. The van der Waals surface area contributed by atoms with Gasteiger partial charge in [0.2, 0.25) is 17.7 Å². The highest BCUT2D eigenvalue weighted by atomic mass is 16.2. The number of piperidine rings is 2. The highest BCUT2D eigenvalue weighted by molar-refractivity contribution is 5.84. The summed E-state index contributed by atoms with van der Waals surface area (Å²) in [6.45, 7) is 2.23. The van der Waals surface area contributed by atoms with E-state index in [1.807, 2.05) is 0 Å². The van der Waals surface area contributed by atoms with Crippen molar-refractivity contribution in [1.29, 1.82) is 0 Å². The van der Waals surface area contributed by atoms with Crippen molar-refractivity contribution >= 4 is 17.7 Å². The second kappa shape index (κ2) is 5.99. The Morgan fingerprint density at radius 3 is 2.40 bits per heavy atom. The van der Waals surface area contributed by atoms with Crippen LogP contribution in [0.15, 0.2) is 0 Å². The summed E-state index contributed by atoms with van der Waals surface area (Å²) < 4.78 is 0. The van der Waals surface area contributed by atoms with Gasteiger partial charge in [0.1, 0.15) is 0 Å². The Hall–Kier alpha value is -1.59. The van der Waals surface area contributed by atoms with Crippen LogP contribution in [-0.2, 0) is 14.4 Å². The van der Waals surface area contributed by atoms with Crippen molar-refractivity contribution in [3.8, 4) is 0 Å². The minimum absolute atomic E-state index is 0.0216. The molecule has 0 bridgehead atoms. The van der Waals surface area contributed by atoms with Crippen molar-refractivity contribution < 1.29 is 14.4 Å². The van der Waals surface area contributed by atoms with Crippen LogP contribution in [0.1, 0.15) is 57.8 Å². The smallest absolute Gasteiger partial charge is 0.237 e. The molecule has 0 aromatic heterocycles. The molecule has 0 unspecified atom stereocenters. The van der Waals surface area contributed by atoms with Crippen molar-refractivity contribution in [2.75, 3.05) is 26.2 Å². The van der Waals surface area contributed by atoms with Crippen LogP contribution < -0.4 is 5.73 Å². The summed E-state index contributed by atoms with van der Waals surface area (Å²) in [6.07, 6.45) is 9.39. The van der Waals surface area contributed by atoms with Gasteiger partial charge < -0.3 is 15.5 Å². The zero-order valence-electron chi connectivity index (χ0n) is 15.0. The fraction of sp³-hybridized carbons (Fsp3) is 0.842. The van der Waals surface area contributed by atoms with Crippen LogP contribution >= 0.6 is 0 Å². The van der Waals surface area contributed by atoms with Gasteiger partial charge in [-0.15, -0.1) is 0 Å². The molecule has 2 saturated heterocycles. The summed E-state index contributed by atoms with van der Waals surface area (Å²) in [5.74, 6) is 0.235. The van der Waals surface area contributed by atoms with Gasteiger partial charge in [0.25, 0.3) is 0 Å². The van der Waals surface area contributed by atoms with Gasteiger partial charge in [-0.1, -0.05) is 12.8 Å². The fourth-order valence-electron chi connectivity index (χ4n) is 5.59. The van der Waals surface area contributed by atoms with Crippen molar-refractivity contribution in [2.24, 2.45) is 22.5 Å². The van der Waals surface area contributed by atoms with Gasteiger partial charge in [-0.25, -0.2) is 0 Å². The molecule has 2 N–H and O–H groups in total. The summed E-state index contributed by atoms with van der Waals surface area (Å²) in [7, 11) is 0. The van der Waals surface area contributed by atoms with Crippen molar-refractivity contribution in [1.82, 2.24) is 9.80 Å². The van der Waals surface area contributed by atoms with E-state index in [0.717, 1.165) is 38.8 Å². The fourth-order valence-corrected chi connectivity index (χ4v) is 5.59. The molecule has 2 spiro atoms. The highest BCUT2D eigenvalue weighted by Gasteiger charge is 2.59. The quantitative estimate of drug-likeness (QED) is 0.835. The van der Waals surface area contributed by atoms with E-state index in [2.05, 4.69) is 4.90 Å². The molecule has 2 aliphatic heterocycles. The van der Waals surface area contributed by atoms with E-state index in [1.165, 1.54) is 25.7 Å². The van der Waals surface area contributed by atoms with Crippen LogP contribution in [0, 0.1) is 16.7 Å². The average molecular weight is 347 g/mol. The molecule has 0 radical (unpaired) electrons. The van der Waals surface area contributed by atoms with Crippen LogP contribution in [0.5, 0.6) is 0 Å². The highest BCUT2D eigenvalue weighted by Crippen LogP contribution is 2.63. The zero-order valence-corrected chi connectivity index (χ0v) is 15.0. The molecule has 25 heavy (non-hydrogen) atoms. The largest absolute Gasteiger partial charge is 0.368 e. The van der Waals surface area contributed by atoms with Crippen molar-refractivity contribution in [3.05, 3.63) is 0 Å². The van der Waals surface area contributed by atoms with Gasteiger partial charge >= 0.3 is 0 Å². The predicted octanol–water partition coefficient (Wildman–Crippen LogP) is 1.28. The number of primary amides is 1. The zero-order chi connectivity index (χ0) is 17.7. The molecule has 0 aromatic rings. The van der Waals surface area contributed by atoms with E-state index in [9.17, 15) is 14.4 Å². The number of hydrogen-bond donors (Lipinski definition) is 1. The minimum atomic E-state index is -0.450. The number of carbonyl (C=O) groups excluding carboxylic acids is 3. The molecule has 0 aromatic carbocycles. The lowest BCUT2D eigenvalue weighted by molar-refractivity contribution is -0.145. The van der Waals surface area contributed by atoms with Gasteiger partial charge in [0, 0.05) is 32.0 Å². The molecule has 4 fully saturated rings. The van der Waals surface area contributed by atoms with Crippen molar-refractivity contribution in [3.63, 3.8) is 0 Å². The first-order valence-corrected chi connectivity index (χ1v) is 9.78. The van der Waals surface area contributed by atoms with Crippen LogP contribution in [0.25, 0.3) is 0 Å². The molecule has 2 saturated carbocycles. The second-order valence-electron chi connectivity index (χ2n) is 8.87. The summed E-state index contributed by atoms with van der Waals surface area (Å²) >= 11 is 0. The number of hydrogen-bond acceptors (Lipinski definition) is 3. The molecular weight excluding hydrogens is 318 g/mol. The molecule has 4 aliphatic rings. The normalized spacial score (nSPS) is 30.1. The molecule has 2 aliphatic carbocycles. The van der Waals surface area contributed by atoms with E-state index in [1.54, 1.807) is 4.90 Å². The number of rotatable bonds is 3. The van der Waals surface area contributed by atoms with Crippen LogP contribution in [0.4, 0.5) is 0 Å². The Labute approximate surface area is 149 Å². The van der Waals surface area contributed by atoms with Gasteiger partial charge in [0.15, 0.2) is 0 Å². The summed E-state index contributed by atoms with van der Waals surface area (Å²) in [5.41, 5.74) is 5.70. The Balaban J connectivity index is 1.34. The van der Waals surface area contributed by atoms with Crippen molar-refractivity contribution in [2.45, 2.75) is 57.8 Å². The maximum absolute atomic E-state index is 12.9. The van der Waals surface area contributed by atoms with Crippen LogP contribution in [0.2, 0.25) is 0 Å². The lowest BCUT2D eigenvalue weighted by Gasteiger charge is -2.47. The lowest BCUT2D eigenvalue weighted by atomic mass is 9.72. The van der Waals surface area contributed by atoms with Crippen LogP contribution in [0.3, 0.4) is 0 Å². The van der Waals surface area contributed by atoms with E-state index < -0.39 is 5.91 Å². The maximum Gasteiger partial charge on any atom is 0.237 e. The van der Waals surface area contributed by atoms with E-state index >= 15 is 0 Å². The molecule has 4 rings (SSSR count). The van der Waals surface area contributed by atoms with E-state index in [-0.39, 0.29) is 23.8 Å². The first-order chi connectivity index (χ1) is 11.9. The second-order valence-corrected chi connectivity index (χ2v) is 8.87. The predicted molar refractivity (Wildman–Crippen MR) is 92.3 cm³/mol. The average Bonchev–Trinajstić information content (AvgIpc) is 3.07. The number of amides is 3. The Bertz CT molecular complexity index is 589. The third kappa shape index (κ3) is 3.04. The first kappa shape index (κ1) is 16.9. The molecule has 6 heteroatoms. The Morgan fingerprint density at radius 2 is 1.76 bits per heavy atom. The first-order valence-electron chi connectivity index (χ1n) is 9.78. The SMILES string of the molecule is NC(=O)CN1CC2(CCC1=O)CCN(C(=O)[C@H]1CC13CCCC3)CC2. The lowest BCUT2D eigenvalue weighted by Crippen LogP contribution is -2.54. The molecule has 3 amide bonds. The van der Waals surface area contributed by atoms with E-state index in [4.69, 9.17) is 5.73 Å². The third-order valence-electron chi connectivity index (χ3n) is 7.32. The van der Waals surface area contributed by atoms with Gasteiger partial charge in [0.05, 0.1) is 6.54 Å². The monoisotopic (exact) mass is 347 g/mol.